The largest absolute Gasteiger partial charge is 0.496 e. The van der Waals surface area contributed by atoms with Crippen molar-refractivity contribution < 1.29 is 14.3 Å². The van der Waals surface area contributed by atoms with E-state index in [1.807, 2.05) is 66.0 Å². The van der Waals surface area contributed by atoms with E-state index in [9.17, 15) is 9.59 Å². The Morgan fingerprint density at radius 3 is 2.69 bits per heavy atom. The molecule has 2 heterocycles. The average Bonchev–Trinajstić information content (AvgIpc) is 3.39. The summed E-state index contributed by atoms with van der Waals surface area (Å²) in [6, 6.07) is 18.9. The van der Waals surface area contributed by atoms with E-state index in [1.165, 1.54) is 0 Å². The first-order valence-corrected chi connectivity index (χ1v) is 10.4. The maximum absolute atomic E-state index is 13.0. The van der Waals surface area contributed by atoms with Crippen molar-refractivity contribution >= 4 is 23.2 Å². The van der Waals surface area contributed by atoms with Crippen molar-refractivity contribution in [1.82, 2.24) is 10.2 Å². The lowest BCUT2D eigenvalue weighted by Crippen LogP contribution is -2.33. The van der Waals surface area contributed by atoms with Crippen molar-refractivity contribution in [1.29, 1.82) is 0 Å². The summed E-state index contributed by atoms with van der Waals surface area (Å²) in [5.74, 6) is 0.627. The van der Waals surface area contributed by atoms with Gasteiger partial charge in [-0.15, -0.1) is 11.3 Å². The Morgan fingerprint density at radius 1 is 1.14 bits per heavy atom. The van der Waals surface area contributed by atoms with Crippen molar-refractivity contribution in [2.24, 2.45) is 0 Å². The Morgan fingerprint density at radius 2 is 1.93 bits per heavy atom. The molecule has 1 atom stereocenters. The fourth-order valence-electron chi connectivity index (χ4n) is 3.66. The zero-order valence-electron chi connectivity index (χ0n) is 16.1. The Kier molecular flexibility index (Phi) is 5.62. The molecular formula is C23H22N2O3S. The van der Waals surface area contributed by atoms with Crippen molar-refractivity contribution in [3.05, 3.63) is 87.6 Å². The maximum atomic E-state index is 13.0. The molecule has 0 radical (unpaired) electrons. The van der Waals surface area contributed by atoms with Crippen LogP contribution in [0.25, 0.3) is 0 Å². The number of rotatable bonds is 7. The Hall–Kier alpha value is -3.12. The second kappa shape index (κ2) is 8.49. The van der Waals surface area contributed by atoms with E-state index in [-0.39, 0.29) is 24.3 Å². The first kappa shape index (κ1) is 19.2. The predicted octanol–water partition coefficient (Wildman–Crippen LogP) is 4.16. The highest BCUT2D eigenvalue weighted by Crippen LogP contribution is 2.35. The minimum atomic E-state index is -0.285. The fraction of sp³-hybridized carbons (Fsp3) is 0.217. The molecule has 6 heteroatoms. The zero-order valence-corrected chi connectivity index (χ0v) is 16.9. The molecule has 0 fully saturated rings. The van der Waals surface area contributed by atoms with Crippen molar-refractivity contribution in [3.63, 3.8) is 0 Å². The van der Waals surface area contributed by atoms with Gasteiger partial charge < -0.3 is 15.0 Å². The molecule has 1 aliphatic rings. The molecule has 1 N–H and O–H groups in total. The number of hydrogen-bond acceptors (Lipinski definition) is 4. The molecule has 4 rings (SSSR count). The van der Waals surface area contributed by atoms with Crippen molar-refractivity contribution in [2.45, 2.75) is 25.6 Å². The molecule has 2 aromatic carbocycles. The summed E-state index contributed by atoms with van der Waals surface area (Å²) in [6.45, 7) is 0.908. The van der Waals surface area contributed by atoms with Crippen LogP contribution < -0.4 is 10.1 Å². The Bertz CT molecular complexity index is 1020. The third-order valence-corrected chi connectivity index (χ3v) is 6.12. The highest BCUT2D eigenvalue weighted by Gasteiger charge is 2.34. The van der Waals surface area contributed by atoms with Crippen LogP contribution in [0.1, 0.15) is 38.8 Å². The van der Waals surface area contributed by atoms with Gasteiger partial charge in [0, 0.05) is 29.1 Å². The third kappa shape index (κ3) is 4.03. The van der Waals surface area contributed by atoms with Gasteiger partial charge >= 0.3 is 0 Å². The highest BCUT2D eigenvalue weighted by molar-refractivity contribution is 7.10. The molecular weight excluding hydrogens is 384 g/mol. The van der Waals surface area contributed by atoms with Crippen LogP contribution in [-0.2, 0) is 17.9 Å². The first-order valence-electron chi connectivity index (χ1n) is 9.48. The maximum Gasteiger partial charge on any atom is 0.255 e. The first-order chi connectivity index (χ1) is 14.2. The van der Waals surface area contributed by atoms with E-state index in [1.54, 1.807) is 23.3 Å². The topological polar surface area (TPSA) is 58.6 Å². The van der Waals surface area contributed by atoms with Gasteiger partial charge in [-0.25, -0.2) is 0 Å². The summed E-state index contributed by atoms with van der Waals surface area (Å²) in [4.78, 5) is 28.6. The Balaban J connectivity index is 1.49. The van der Waals surface area contributed by atoms with E-state index in [0.717, 1.165) is 27.3 Å². The molecule has 5 nitrogen and oxygen atoms in total. The lowest BCUT2D eigenvalue weighted by atomic mass is 10.1. The van der Waals surface area contributed by atoms with Gasteiger partial charge in [-0.3, -0.25) is 9.59 Å². The van der Waals surface area contributed by atoms with Crippen LogP contribution in [0, 0.1) is 0 Å². The number of amides is 2. The number of methoxy groups -OCH3 is 1. The molecule has 0 unspecified atom stereocenters. The van der Waals surface area contributed by atoms with E-state index in [4.69, 9.17) is 4.74 Å². The van der Waals surface area contributed by atoms with E-state index >= 15 is 0 Å². The van der Waals surface area contributed by atoms with Crippen LogP contribution in [-0.4, -0.2) is 23.8 Å². The molecule has 1 aromatic heterocycles. The summed E-state index contributed by atoms with van der Waals surface area (Å²) in [6.07, 6.45) is 0.218. The molecule has 2 amide bonds. The standard InChI is InChI=1S/C23H22N2O3S/c1-28-20-10-5-3-7-16(20)14-24-22(26)13-19(21-11-6-12-29-21)25-15-17-8-2-4-9-18(17)23(25)27/h2-12,19H,13-15H2,1H3,(H,24,26)/t19-/m0/s1. The molecule has 29 heavy (non-hydrogen) atoms. The van der Waals surface area contributed by atoms with Gasteiger partial charge in [0.25, 0.3) is 5.91 Å². The molecule has 0 bridgehead atoms. The molecule has 0 aliphatic carbocycles. The summed E-state index contributed by atoms with van der Waals surface area (Å²) in [5.41, 5.74) is 2.65. The minimum absolute atomic E-state index is 0.0171. The number of thiophene rings is 1. The normalized spacial score (nSPS) is 13.8. The lowest BCUT2D eigenvalue weighted by Gasteiger charge is -2.26. The SMILES string of the molecule is COc1ccccc1CNC(=O)C[C@@H](c1cccs1)N1Cc2ccccc2C1=O. The molecule has 3 aromatic rings. The Labute approximate surface area is 173 Å². The van der Waals surface area contributed by atoms with E-state index < -0.39 is 0 Å². The number of nitrogens with zero attached hydrogens (tertiary/aromatic N) is 1. The number of hydrogen-bond donors (Lipinski definition) is 1. The number of benzene rings is 2. The van der Waals surface area contributed by atoms with Gasteiger partial charge in [-0.1, -0.05) is 42.5 Å². The highest BCUT2D eigenvalue weighted by atomic mass is 32.1. The van der Waals surface area contributed by atoms with Gasteiger partial charge in [0.15, 0.2) is 0 Å². The van der Waals surface area contributed by atoms with Crippen LogP contribution in [0.5, 0.6) is 5.75 Å². The smallest absolute Gasteiger partial charge is 0.255 e. The number of carbonyl (C=O) groups excluding carboxylic acids is 2. The monoisotopic (exact) mass is 406 g/mol. The van der Waals surface area contributed by atoms with Gasteiger partial charge in [0.05, 0.1) is 19.6 Å². The lowest BCUT2D eigenvalue weighted by molar-refractivity contribution is -0.122. The van der Waals surface area contributed by atoms with Gasteiger partial charge in [-0.2, -0.15) is 0 Å². The second-order valence-corrected chi connectivity index (χ2v) is 7.89. The van der Waals surface area contributed by atoms with Crippen LogP contribution in [0.15, 0.2) is 66.0 Å². The van der Waals surface area contributed by atoms with Crippen LogP contribution >= 0.6 is 11.3 Å². The second-order valence-electron chi connectivity index (χ2n) is 6.91. The molecule has 148 valence electrons. The fourth-order valence-corrected chi connectivity index (χ4v) is 4.50. The number of carbonyl (C=O) groups is 2. The minimum Gasteiger partial charge on any atom is -0.496 e. The van der Waals surface area contributed by atoms with Crippen LogP contribution in [0.4, 0.5) is 0 Å². The number of nitrogens with one attached hydrogen (secondary N) is 1. The van der Waals surface area contributed by atoms with Crippen LogP contribution in [0.2, 0.25) is 0 Å². The molecule has 0 spiro atoms. The predicted molar refractivity (Wildman–Crippen MR) is 113 cm³/mol. The van der Waals surface area contributed by atoms with E-state index in [0.29, 0.717) is 13.1 Å². The number of fused-ring (bicyclic) bond motifs is 1. The van der Waals surface area contributed by atoms with Crippen LogP contribution in [0.3, 0.4) is 0 Å². The summed E-state index contributed by atoms with van der Waals surface area (Å²) < 4.78 is 5.35. The van der Waals surface area contributed by atoms with E-state index in [2.05, 4.69) is 5.32 Å². The van der Waals surface area contributed by atoms with Gasteiger partial charge in [0.2, 0.25) is 5.91 Å². The molecule has 0 saturated carbocycles. The summed E-state index contributed by atoms with van der Waals surface area (Å²) >= 11 is 1.57. The van der Waals surface area contributed by atoms with Crippen molar-refractivity contribution in [2.75, 3.05) is 7.11 Å². The summed E-state index contributed by atoms with van der Waals surface area (Å²) in [5, 5.41) is 4.95. The van der Waals surface area contributed by atoms with Crippen molar-refractivity contribution in [3.8, 4) is 5.75 Å². The third-order valence-electron chi connectivity index (χ3n) is 5.14. The number of ether oxygens (including phenoxy) is 1. The molecule has 0 saturated heterocycles. The number of para-hydroxylation sites is 1. The summed E-state index contributed by atoms with van der Waals surface area (Å²) in [7, 11) is 1.62. The van der Waals surface area contributed by atoms with Gasteiger partial charge in [0.1, 0.15) is 5.75 Å². The zero-order chi connectivity index (χ0) is 20.2. The average molecular weight is 407 g/mol. The molecule has 1 aliphatic heterocycles. The van der Waals surface area contributed by atoms with Gasteiger partial charge in [-0.05, 0) is 29.1 Å². The quantitative estimate of drug-likeness (QED) is 0.641.